The van der Waals surface area contributed by atoms with E-state index in [1.165, 1.54) is 0 Å². The second-order valence-corrected chi connectivity index (χ2v) is 7.00. The van der Waals surface area contributed by atoms with Crippen LogP contribution in [0, 0.1) is 5.92 Å². The number of ether oxygens (including phenoxy) is 3. The van der Waals surface area contributed by atoms with E-state index < -0.39 is 11.9 Å². The number of hydrogen-bond acceptors (Lipinski definition) is 6. The lowest BCUT2D eigenvalue weighted by Gasteiger charge is -2.14. The van der Waals surface area contributed by atoms with Gasteiger partial charge in [0.2, 0.25) is 0 Å². The molecule has 0 radical (unpaired) electrons. The average Bonchev–Trinajstić information content (AvgIpc) is 2.73. The Bertz CT molecular complexity index is 627. The monoisotopic (exact) mass is 408 g/mol. The molecule has 0 spiro atoms. The van der Waals surface area contributed by atoms with Gasteiger partial charge in [-0.05, 0) is 40.0 Å². The zero-order chi connectivity index (χ0) is 22.2. The van der Waals surface area contributed by atoms with Crippen molar-refractivity contribution in [1.82, 2.24) is 0 Å². The van der Waals surface area contributed by atoms with Gasteiger partial charge in [0.15, 0.2) is 0 Å². The second-order valence-electron chi connectivity index (χ2n) is 7.00. The number of unbranched alkanes of at least 4 members (excludes halogenated alkanes) is 1. The van der Waals surface area contributed by atoms with Gasteiger partial charge in [-0.3, -0.25) is 0 Å². The summed E-state index contributed by atoms with van der Waals surface area (Å²) in [6.07, 6.45) is 9.03. The molecule has 0 aromatic carbocycles. The number of hydrogen-bond donors (Lipinski definition) is 0. The van der Waals surface area contributed by atoms with Gasteiger partial charge in [-0.2, -0.15) is 0 Å². The van der Waals surface area contributed by atoms with Crippen LogP contribution in [0.2, 0.25) is 0 Å². The Morgan fingerprint density at radius 2 is 1.55 bits per heavy atom. The number of carbonyl (C=O) groups is 3. The fraction of sp³-hybridized carbons (Fsp3) is 0.609. The minimum absolute atomic E-state index is 0.173. The molecule has 0 N–H and O–H groups in total. The van der Waals surface area contributed by atoms with Crippen molar-refractivity contribution in [3.63, 3.8) is 0 Å². The predicted molar refractivity (Wildman–Crippen MR) is 113 cm³/mol. The molecule has 0 aliphatic heterocycles. The van der Waals surface area contributed by atoms with Crippen LogP contribution in [0.3, 0.4) is 0 Å². The van der Waals surface area contributed by atoms with Gasteiger partial charge in [-0.1, -0.05) is 45.3 Å². The SMILES string of the molecule is CC=C(C)C(=O)OCCC=C(C)C(=O)OC=C(C)C(=O)OCC(CC)CCCC. The maximum Gasteiger partial charge on any atom is 0.338 e. The number of allylic oxidation sites excluding steroid dienone is 1. The summed E-state index contributed by atoms with van der Waals surface area (Å²) in [5, 5.41) is 0. The summed E-state index contributed by atoms with van der Waals surface area (Å²) in [6, 6.07) is 0. The van der Waals surface area contributed by atoms with Gasteiger partial charge in [0, 0.05) is 17.6 Å². The summed E-state index contributed by atoms with van der Waals surface area (Å²) in [5.41, 5.74) is 1.13. The second kappa shape index (κ2) is 15.5. The van der Waals surface area contributed by atoms with E-state index in [0.717, 1.165) is 31.9 Å². The lowest BCUT2D eigenvalue weighted by molar-refractivity contribution is -0.141. The highest BCUT2D eigenvalue weighted by molar-refractivity contribution is 5.90. The molecular weight excluding hydrogens is 372 g/mol. The first-order chi connectivity index (χ1) is 13.8. The van der Waals surface area contributed by atoms with Crippen LogP contribution in [-0.2, 0) is 28.6 Å². The van der Waals surface area contributed by atoms with Gasteiger partial charge in [0.05, 0.1) is 18.8 Å². The summed E-state index contributed by atoms with van der Waals surface area (Å²) >= 11 is 0. The van der Waals surface area contributed by atoms with Crippen molar-refractivity contribution in [2.24, 2.45) is 5.92 Å². The van der Waals surface area contributed by atoms with Gasteiger partial charge in [-0.15, -0.1) is 0 Å². The molecule has 1 unspecified atom stereocenters. The molecule has 0 saturated carbocycles. The molecule has 0 aliphatic rings. The molecule has 0 fully saturated rings. The number of carbonyl (C=O) groups excluding carboxylic acids is 3. The van der Waals surface area contributed by atoms with Crippen LogP contribution in [0.25, 0.3) is 0 Å². The summed E-state index contributed by atoms with van der Waals surface area (Å²) in [5.74, 6) is -1.08. The lowest BCUT2D eigenvalue weighted by Crippen LogP contribution is -2.15. The van der Waals surface area contributed by atoms with Gasteiger partial charge in [0.1, 0.15) is 6.26 Å². The first-order valence-corrected chi connectivity index (χ1v) is 10.3. The van der Waals surface area contributed by atoms with Gasteiger partial charge in [0.25, 0.3) is 0 Å². The van der Waals surface area contributed by atoms with Gasteiger partial charge < -0.3 is 14.2 Å². The Morgan fingerprint density at radius 3 is 2.14 bits per heavy atom. The fourth-order valence-electron chi connectivity index (χ4n) is 2.23. The largest absolute Gasteiger partial charge is 0.462 e. The van der Waals surface area contributed by atoms with Crippen LogP contribution in [-0.4, -0.2) is 31.1 Å². The Morgan fingerprint density at radius 1 is 0.897 bits per heavy atom. The van der Waals surface area contributed by atoms with Crippen molar-refractivity contribution < 1.29 is 28.6 Å². The first kappa shape index (κ1) is 26.6. The Balaban J connectivity index is 4.40. The van der Waals surface area contributed by atoms with Crippen LogP contribution in [0.4, 0.5) is 0 Å². The molecule has 6 heteroatoms. The summed E-state index contributed by atoms with van der Waals surface area (Å²) in [7, 11) is 0. The van der Waals surface area contributed by atoms with Crippen LogP contribution in [0.5, 0.6) is 0 Å². The molecule has 0 aromatic rings. The van der Waals surface area contributed by atoms with Crippen molar-refractivity contribution in [2.45, 2.75) is 73.6 Å². The molecule has 0 rings (SSSR count). The smallest absolute Gasteiger partial charge is 0.338 e. The Labute approximate surface area is 175 Å². The molecule has 0 saturated heterocycles. The van der Waals surface area contributed by atoms with E-state index in [1.54, 1.807) is 39.8 Å². The quantitative estimate of drug-likeness (QED) is 0.140. The van der Waals surface area contributed by atoms with E-state index in [0.29, 0.717) is 30.1 Å². The van der Waals surface area contributed by atoms with Crippen molar-refractivity contribution in [2.75, 3.05) is 13.2 Å². The zero-order valence-electron chi connectivity index (χ0n) is 18.7. The molecular formula is C23H36O6. The van der Waals surface area contributed by atoms with Gasteiger partial charge in [-0.25, -0.2) is 14.4 Å². The highest BCUT2D eigenvalue weighted by Crippen LogP contribution is 2.14. The average molecular weight is 409 g/mol. The van der Waals surface area contributed by atoms with Crippen molar-refractivity contribution in [1.29, 1.82) is 0 Å². The molecule has 29 heavy (non-hydrogen) atoms. The van der Waals surface area contributed by atoms with E-state index in [4.69, 9.17) is 14.2 Å². The predicted octanol–water partition coefficient (Wildman–Crippen LogP) is 5.04. The van der Waals surface area contributed by atoms with Crippen molar-refractivity contribution in [3.8, 4) is 0 Å². The Kier molecular flexibility index (Phi) is 14.3. The summed E-state index contributed by atoms with van der Waals surface area (Å²) < 4.78 is 15.4. The zero-order valence-corrected chi connectivity index (χ0v) is 18.7. The third kappa shape index (κ3) is 11.9. The fourth-order valence-corrected chi connectivity index (χ4v) is 2.23. The molecule has 0 heterocycles. The Hall–Kier alpha value is -2.37. The van der Waals surface area contributed by atoms with E-state index in [2.05, 4.69) is 13.8 Å². The van der Waals surface area contributed by atoms with E-state index in [1.807, 2.05) is 0 Å². The standard InChI is InChI=1S/C23H36O6/c1-7-10-13-20(9-3)16-29-23(26)19(6)15-28-22(25)18(5)12-11-14-27-21(24)17(4)8-2/h8,12,15,20H,7,9-11,13-14,16H2,1-6H3. The summed E-state index contributed by atoms with van der Waals surface area (Å²) in [4.78, 5) is 35.5. The van der Waals surface area contributed by atoms with Crippen LogP contribution < -0.4 is 0 Å². The molecule has 0 bridgehead atoms. The van der Waals surface area contributed by atoms with E-state index in [9.17, 15) is 14.4 Å². The molecule has 0 aromatic heterocycles. The topological polar surface area (TPSA) is 78.9 Å². The first-order valence-electron chi connectivity index (χ1n) is 10.3. The molecule has 0 amide bonds. The maximum atomic E-state index is 12.0. The maximum absolute atomic E-state index is 12.0. The molecule has 164 valence electrons. The molecule has 1 atom stereocenters. The summed E-state index contributed by atoms with van der Waals surface area (Å²) in [6.45, 7) is 11.3. The third-order valence-electron chi connectivity index (χ3n) is 4.54. The van der Waals surface area contributed by atoms with Crippen molar-refractivity contribution >= 4 is 17.9 Å². The van der Waals surface area contributed by atoms with Crippen LogP contribution in [0.15, 0.2) is 35.1 Å². The van der Waals surface area contributed by atoms with Crippen molar-refractivity contribution in [3.05, 3.63) is 35.1 Å². The molecule has 6 nitrogen and oxygen atoms in total. The third-order valence-corrected chi connectivity index (χ3v) is 4.54. The highest BCUT2D eigenvalue weighted by Gasteiger charge is 2.13. The van der Waals surface area contributed by atoms with Gasteiger partial charge >= 0.3 is 17.9 Å². The van der Waals surface area contributed by atoms with Crippen LogP contribution >= 0.6 is 0 Å². The molecule has 0 aliphatic carbocycles. The number of rotatable bonds is 13. The normalized spacial score (nSPS) is 13.7. The minimum Gasteiger partial charge on any atom is -0.462 e. The van der Waals surface area contributed by atoms with Crippen LogP contribution in [0.1, 0.15) is 73.6 Å². The highest BCUT2D eigenvalue weighted by atomic mass is 16.5. The lowest BCUT2D eigenvalue weighted by atomic mass is 10.0. The number of esters is 3. The van der Waals surface area contributed by atoms with E-state index in [-0.39, 0.29) is 18.1 Å². The van der Waals surface area contributed by atoms with E-state index >= 15 is 0 Å². The minimum atomic E-state index is -0.567.